The minimum atomic E-state index is -0.406. The van der Waals surface area contributed by atoms with Crippen molar-refractivity contribution in [3.8, 4) is 0 Å². The van der Waals surface area contributed by atoms with Gasteiger partial charge in [0.25, 0.3) is 0 Å². The third kappa shape index (κ3) is 5.38. The Bertz CT molecular complexity index is 227. The molecule has 0 aromatic heterocycles. The van der Waals surface area contributed by atoms with Crippen molar-refractivity contribution in [2.45, 2.75) is 71.4 Å². The Morgan fingerprint density at radius 1 is 1.38 bits per heavy atom. The van der Waals surface area contributed by atoms with Crippen LogP contribution < -0.4 is 5.32 Å². The fourth-order valence-corrected chi connectivity index (χ4v) is 2.31. The molecule has 1 N–H and O–H groups in total. The number of carbonyl (C=O) groups is 1. The fraction of sp³-hybridized carbons (Fsp3) is 0.923. The third-order valence-electron chi connectivity index (χ3n) is 2.92. The molecule has 1 fully saturated rings. The van der Waals surface area contributed by atoms with Crippen molar-refractivity contribution < 1.29 is 9.53 Å². The summed E-state index contributed by atoms with van der Waals surface area (Å²) < 4.78 is 5.22. The number of carbonyl (C=O) groups excluding carboxylic acids is 1. The molecular weight excluding hydrogens is 202 g/mol. The van der Waals surface area contributed by atoms with Gasteiger partial charge in [0.15, 0.2) is 0 Å². The molecule has 3 heteroatoms. The first-order chi connectivity index (χ1) is 7.37. The lowest BCUT2D eigenvalue weighted by Crippen LogP contribution is -2.38. The number of alkyl carbamates (subject to hydrolysis) is 1. The molecule has 1 aliphatic rings. The lowest BCUT2D eigenvalue weighted by molar-refractivity contribution is 0.0502. The van der Waals surface area contributed by atoms with Crippen LogP contribution in [0.3, 0.4) is 0 Å². The Morgan fingerprint density at radius 2 is 1.94 bits per heavy atom. The predicted molar refractivity (Wildman–Crippen MR) is 65.4 cm³/mol. The number of hydrogen-bond donors (Lipinski definition) is 1. The molecule has 1 atom stereocenters. The van der Waals surface area contributed by atoms with Gasteiger partial charge in [-0.05, 0) is 40.0 Å². The second-order valence-electron chi connectivity index (χ2n) is 5.93. The van der Waals surface area contributed by atoms with Crippen LogP contribution in [0.2, 0.25) is 0 Å². The van der Waals surface area contributed by atoms with Crippen molar-refractivity contribution in [1.82, 2.24) is 5.32 Å². The first-order valence-electron chi connectivity index (χ1n) is 6.36. The molecule has 1 saturated carbocycles. The van der Waals surface area contributed by atoms with E-state index in [1.807, 2.05) is 20.8 Å². The molecule has 0 aliphatic heterocycles. The van der Waals surface area contributed by atoms with Gasteiger partial charge in [0, 0.05) is 6.04 Å². The summed E-state index contributed by atoms with van der Waals surface area (Å²) in [5.74, 6) is 0.796. The molecule has 0 bridgehead atoms. The highest BCUT2D eigenvalue weighted by Gasteiger charge is 2.21. The molecule has 1 aliphatic carbocycles. The maximum Gasteiger partial charge on any atom is 0.407 e. The zero-order valence-corrected chi connectivity index (χ0v) is 11.0. The van der Waals surface area contributed by atoms with Gasteiger partial charge in [-0.25, -0.2) is 4.79 Å². The average molecular weight is 227 g/mol. The number of nitrogens with one attached hydrogen (secondary N) is 1. The SMILES string of the molecule is C[C@H](CC1CCCC1)NC(=O)OC(C)(C)C. The zero-order valence-electron chi connectivity index (χ0n) is 11.0. The third-order valence-corrected chi connectivity index (χ3v) is 2.92. The molecule has 0 unspecified atom stereocenters. The van der Waals surface area contributed by atoms with E-state index in [1.54, 1.807) is 0 Å². The molecule has 1 amide bonds. The molecule has 3 nitrogen and oxygen atoms in total. The Balaban J connectivity index is 2.22. The Morgan fingerprint density at radius 3 is 2.44 bits per heavy atom. The van der Waals surface area contributed by atoms with Crippen LogP contribution >= 0.6 is 0 Å². The summed E-state index contributed by atoms with van der Waals surface area (Å²) in [7, 11) is 0. The van der Waals surface area contributed by atoms with Crippen LogP contribution in [0.25, 0.3) is 0 Å². The highest BCUT2D eigenvalue weighted by molar-refractivity contribution is 5.67. The average Bonchev–Trinajstić information content (AvgIpc) is 2.51. The lowest BCUT2D eigenvalue weighted by Gasteiger charge is -2.23. The second-order valence-corrected chi connectivity index (χ2v) is 5.93. The van der Waals surface area contributed by atoms with Crippen LogP contribution in [-0.2, 0) is 4.74 Å². The summed E-state index contributed by atoms with van der Waals surface area (Å²) in [6.07, 6.45) is 6.13. The summed E-state index contributed by atoms with van der Waals surface area (Å²) in [6, 6.07) is 0.220. The van der Waals surface area contributed by atoms with Crippen molar-refractivity contribution in [1.29, 1.82) is 0 Å². The minimum absolute atomic E-state index is 0.220. The van der Waals surface area contributed by atoms with E-state index < -0.39 is 5.60 Å². The van der Waals surface area contributed by atoms with Gasteiger partial charge < -0.3 is 10.1 Å². The van der Waals surface area contributed by atoms with Crippen molar-refractivity contribution in [2.75, 3.05) is 0 Å². The van der Waals surface area contributed by atoms with E-state index in [0.29, 0.717) is 0 Å². The van der Waals surface area contributed by atoms with Gasteiger partial charge in [0.1, 0.15) is 5.60 Å². The van der Waals surface area contributed by atoms with E-state index >= 15 is 0 Å². The van der Waals surface area contributed by atoms with Crippen molar-refractivity contribution in [3.63, 3.8) is 0 Å². The van der Waals surface area contributed by atoms with E-state index in [-0.39, 0.29) is 12.1 Å². The van der Waals surface area contributed by atoms with Gasteiger partial charge >= 0.3 is 6.09 Å². The van der Waals surface area contributed by atoms with Crippen LogP contribution in [0, 0.1) is 5.92 Å². The molecule has 0 radical (unpaired) electrons. The van der Waals surface area contributed by atoms with E-state index in [1.165, 1.54) is 25.7 Å². The van der Waals surface area contributed by atoms with Crippen LogP contribution in [0.4, 0.5) is 4.79 Å². The molecule has 16 heavy (non-hydrogen) atoms. The molecule has 0 heterocycles. The lowest BCUT2D eigenvalue weighted by atomic mass is 9.99. The largest absolute Gasteiger partial charge is 0.444 e. The monoisotopic (exact) mass is 227 g/mol. The molecule has 94 valence electrons. The van der Waals surface area contributed by atoms with Crippen LogP contribution in [0.1, 0.15) is 59.8 Å². The summed E-state index contributed by atoms with van der Waals surface area (Å²) in [4.78, 5) is 11.5. The van der Waals surface area contributed by atoms with Gasteiger partial charge in [0.05, 0.1) is 0 Å². The number of rotatable bonds is 3. The molecule has 1 rings (SSSR count). The van der Waals surface area contributed by atoms with Crippen molar-refractivity contribution in [2.24, 2.45) is 5.92 Å². The molecule has 0 saturated heterocycles. The topological polar surface area (TPSA) is 38.3 Å². The minimum Gasteiger partial charge on any atom is -0.444 e. The molecule has 0 aromatic carbocycles. The fourth-order valence-electron chi connectivity index (χ4n) is 2.31. The first-order valence-corrected chi connectivity index (χ1v) is 6.36. The first kappa shape index (κ1) is 13.3. The predicted octanol–water partition coefficient (Wildman–Crippen LogP) is 3.48. The van der Waals surface area contributed by atoms with Gasteiger partial charge in [-0.2, -0.15) is 0 Å². The van der Waals surface area contributed by atoms with Gasteiger partial charge in [-0.1, -0.05) is 25.7 Å². The van der Waals surface area contributed by atoms with Gasteiger partial charge in [-0.3, -0.25) is 0 Å². The summed E-state index contributed by atoms with van der Waals surface area (Å²) >= 11 is 0. The zero-order chi connectivity index (χ0) is 12.2. The summed E-state index contributed by atoms with van der Waals surface area (Å²) in [5.41, 5.74) is -0.406. The number of amides is 1. The van der Waals surface area contributed by atoms with E-state index in [0.717, 1.165) is 12.3 Å². The Labute approximate surface area is 98.9 Å². The highest BCUT2D eigenvalue weighted by Crippen LogP contribution is 2.28. The normalized spacial score (nSPS) is 19.5. The molecule has 0 spiro atoms. The Kier molecular flexibility index (Phi) is 4.63. The number of ether oxygens (including phenoxy) is 1. The van der Waals surface area contributed by atoms with Crippen LogP contribution in [-0.4, -0.2) is 17.7 Å². The maximum absolute atomic E-state index is 11.5. The van der Waals surface area contributed by atoms with E-state index in [4.69, 9.17) is 4.74 Å². The van der Waals surface area contributed by atoms with Gasteiger partial charge in [0.2, 0.25) is 0 Å². The van der Waals surface area contributed by atoms with Crippen LogP contribution in [0.15, 0.2) is 0 Å². The summed E-state index contributed by atoms with van der Waals surface area (Å²) in [6.45, 7) is 7.71. The van der Waals surface area contributed by atoms with E-state index in [9.17, 15) is 4.79 Å². The van der Waals surface area contributed by atoms with Crippen LogP contribution in [0.5, 0.6) is 0 Å². The standard InChI is InChI=1S/C13H25NO2/c1-10(9-11-7-5-6-8-11)14-12(15)16-13(2,3)4/h10-11H,5-9H2,1-4H3,(H,14,15)/t10-/m1/s1. The second kappa shape index (κ2) is 5.55. The smallest absolute Gasteiger partial charge is 0.407 e. The van der Waals surface area contributed by atoms with Crippen molar-refractivity contribution >= 4 is 6.09 Å². The summed E-state index contributed by atoms with van der Waals surface area (Å²) in [5, 5.41) is 2.90. The quantitative estimate of drug-likeness (QED) is 0.801. The van der Waals surface area contributed by atoms with Crippen molar-refractivity contribution in [3.05, 3.63) is 0 Å². The maximum atomic E-state index is 11.5. The number of hydrogen-bond acceptors (Lipinski definition) is 2. The molecular formula is C13H25NO2. The van der Waals surface area contributed by atoms with E-state index in [2.05, 4.69) is 12.2 Å². The van der Waals surface area contributed by atoms with Gasteiger partial charge in [-0.15, -0.1) is 0 Å². The molecule has 0 aromatic rings. The Hall–Kier alpha value is -0.730. The highest BCUT2D eigenvalue weighted by atomic mass is 16.6.